The van der Waals surface area contributed by atoms with E-state index in [9.17, 15) is 24.2 Å². The average molecular weight is 666 g/mol. The Morgan fingerprint density at radius 3 is 2.47 bits per heavy atom. The van der Waals surface area contributed by atoms with E-state index in [0.717, 1.165) is 11.1 Å². The van der Waals surface area contributed by atoms with Gasteiger partial charge in [0.25, 0.3) is 0 Å². The Bertz CT molecular complexity index is 1350. The van der Waals surface area contributed by atoms with E-state index in [2.05, 4.69) is 15.5 Å². The van der Waals surface area contributed by atoms with Gasteiger partial charge in [0.15, 0.2) is 0 Å². The Morgan fingerprint density at radius 2 is 1.80 bits per heavy atom. The standard InChI is InChI=1S/C34H47Cl2FN4O4/c1-20(2)12-23(32(44)38-31-26-16-24(37)8-7-22(26)15-30(31)43)14-25(42)18-41-11-10-40(17-21-6-9-27(35)28(36)13-21)19-29(41)33(45)39-34(3,4)5/h6-9,13,16,20,23,25,29-31,42-43H,10-12,14-15,17-19H2,1-5H3,(H,38,44)(H,39,45)/t23-,25+,29+,30-,31+/m1/s1. The van der Waals surface area contributed by atoms with E-state index >= 15 is 0 Å². The molecule has 0 aromatic heterocycles. The van der Waals surface area contributed by atoms with Crippen molar-refractivity contribution in [3.05, 3.63) is 69.0 Å². The summed E-state index contributed by atoms with van der Waals surface area (Å²) in [6.45, 7) is 12.4. The molecular weight excluding hydrogens is 618 g/mol. The molecule has 45 heavy (non-hydrogen) atoms. The molecule has 2 aliphatic rings. The Hall–Kier alpha value is -2.27. The minimum Gasteiger partial charge on any atom is -0.392 e. The number of nitrogens with one attached hydrogen (secondary N) is 2. The lowest BCUT2D eigenvalue weighted by molar-refractivity contribution is -0.132. The van der Waals surface area contributed by atoms with Gasteiger partial charge in [-0.25, -0.2) is 4.39 Å². The highest BCUT2D eigenvalue weighted by Crippen LogP contribution is 2.33. The Balaban J connectivity index is 1.44. The largest absolute Gasteiger partial charge is 0.392 e. The number of nitrogens with zero attached hydrogens (tertiary/aromatic N) is 2. The highest BCUT2D eigenvalue weighted by molar-refractivity contribution is 6.42. The van der Waals surface area contributed by atoms with Crippen LogP contribution in [-0.2, 0) is 22.6 Å². The zero-order valence-electron chi connectivity index (χ0n) is 26.8. The second-order valence-corrected chi connectivity index (χ2v) is 14.9. The molecule has 0 saturated carbocycles. The highest BCUT2D eigenvalue weighted by Gasteiger charge is 2.37. The molecule has 1 aliphatic heterocycles. The Morgan fingerprint density at radius 1 is 1.07 bits per heavy atom. The molecule has 8 nitrogen and oxygen atoms in total. The number of amides is 2. The quantitative estimate of drug-likeness (QED) is 0.277. The van der Waals surface area contributed by atoms with E-state index in [1.165, 1.54) is 12.1 Å². The summed E-state index contributed by atoms with van der Waals surface area (Å²) in [5.41, 5.74) is 1.96. The van der Waals surface area contributed by atoms with Crippen LogP contribution in [0.3, 0.4) is 0 Å². The van der Waals surface area contributed by atoms with Crippen molar-refractivity contribution < 1.29 is 24.2 Å². The first-order valence-corrected chi connectivity index (χ1v) is 16.5. The predicted molar refractivity (Wildman–Crippen MR) is 176 cm³/mol. The summed E-state index contributed by atoms with van der Waals surface area (Å²) < 4.78 is 14.0. The van der Waals surface area contributed by atoms with Crippen molar-refractivity contribution in [2.75, 3.05) is 26.2 Å². The summed E-state index contributed by atoms with van der Waals surface area (Å²) in [4.78, 5) is 31.3. The summed E-state index contributed by atoms with van der Waals surface area (Å²) in [5.74, 6) is -1.16. The average Bonchev–Trinajstić information content (AvgIpc) is 3.23. The van der Waals surface area contributed by atoms with Crippen molar-refractivity contribution in [3.8, 4) is 0 Å². The van der Waals surface area contributed by atoms with Gasteiger partial charge in [-0.2, -0.15) is 0 Å². The molecule has 2 aromatic carbocycles. The van der Waals surface area contributed by atoms with Crippen molar-refractivity contribution >= 4 is 35.0 Å². The fourth-order valence-electron chi connectivity index (χ4n) is 6.43. The van der Waals surface area contributed by atoms with Crippen LogP contribution in [-0.4, -0.2) is 81.8 Å². The normalized spacial score (nSPS) is 22.2. The van der Waals surface area contributed by atoms with Gasteiger partial charge in [-0.1, -0.05) is 49.2 Å². The van der Waals surface area contributed by atoms with Gasteiger partial charge in [-0.15, -0.1) is 0 Å². The number of piperazine rings is 1. The lowest BCUT2D eigenvalue weighted by Gasteiger charge is -2.42. The second-order valence-electron chi connectivity index (χ2n) is 14.1. The van der Waals surface area contributed by atoms with Crippen LogP contribution in [0.15, 0.2) is 36.4 Å². The van der Waals surface area contributed by atoms with E-state index in [1.54, 1.807) is 12.1 Å². The van der Waals surface area contributed by atoms with Crippen LogP contribution in [0.2, 0.25) is 10.0 Å². The molecule has 1 heterocycles. The minimum absolute atomic E-state index is 0.119. The van der Waals surface area contributed by atoms with Crippen molar-refractivity contribution in [1.82, 2.24) is 20.4 Å². The fraction of sp³-hybridized carbons (Fsp3) is 0.588. The highest BCUT2D eigenvalue weighted by atomic mass is 35.5. The maximum absolute atomic E-state index is 14.0. The Labute approximate surface area is 276 Å². The lowest BCUT2D eigenvalue weighted by Crippen LogP contribution is -2.61. The molecule has 11 heteroatoms. The number of aliphatic hydroxyl groups is 2. The van der Waals surface area contributed by atoms with E-state index in [4.69, 9.17) is 23.2 Å². The van der Waals surface area contributed by atoms with Crippen LogP contribution in [0, 0.1) is 17.7 Å². The van der Waals surface area contributed by atoms with Crippen LogP contribution >= 0.6 is 23.2 Å². The molecule has 0 spiro atoms. The predicted octanol–water partition coefficient (Wildman–Crippen LogP) is 4.72. The summed E-state index contributed by atoms with van der Waals surface area (Å²) in [5, 5.41) is 29.0. The van der Waals surface area contributed by atoms with Gasteiger partial charge in [0, 0.05) is 50.6 Å². The van der Waals surface area contributed by atoms with Crippen LogP contribution in [0.4, 0.5) is 4.39 Å². The number of halogens is 3. The van der Waals surface area contributed by atoms with Gasteiger partial charge < -0.3 is 20.8 Å². The molecule has 1 aliphatic carbocycles. The Kier molecular flexibility index (Phi) is 11.9. The third-order valence-electron chi connectivity index (χ3n) is 8.45. The van der Waals surface area contributed by atoms with Crippen LogP contribution < -0.4 is 10.6 Å². The summed E-state index contributed by atoms with van der Waals surface area (Å²) in [6.07, 6.45) is -0.651. The molecule has 0 unspecified atom stereocenters. The van der Waals surface area contributed by atoms with E-state index in [0.29, 0.717) is 54.6 Å². The number of hydrogen-bond acceptors (Lipinski definition) is 6. The van der Waals surface area contributed by atoms with E-state index in [-0.39, 0.29) is 30.7 Å². The number of fused-ring (bicyclic) bond motifs is 1. The van der Waals surface area contributed by atoms with Crippen molar-refractivity contribution in [2.24, 2.45) is 11.8 Å². The first kappa shape index (κ1) is 35.6. The maximum Gasteiger partial charge on any atom is 0.239 e. The summed E-state index contributed by atoms with van der Waals surface area (Å²) >= 11 is 12.3. The number of aliphatic hydroxyl groups excluding tert-OH is 2. The molecule has 4 N–H and O–H groups in total. The first-order valence-electron chi connectivity index (χ1n) is 15.8. The zero-order chi connectivity index (χ0) is 33.1. The van der Waals surface area contributed by atoms with Crippen molar-refractivity contribution in [2.45, 2.75) is 90.3 Å². The van der Waals surface area contributed by atoms with E-state index < -0.39 is 41.6 Å². The molecule has 4 rings (SSSR count). The second kappa shape index (κ2) is 15.1. The third kappa shape index (κ3) is 9.86. The van der Waals surface area contributed by atoms with E-state index in [1.807, 2.05) is 51.7 Å². The summed E-state index contributed by atoms with van der Waals surface area (Å²) in [6, 6.07) is 8.69. The number of hydrogen-bond donors (Lipinski definition) is 4. The fourth-order valence-corrected chi connectivity index (χ4v) is 6.75. The molecule has 5 atom stereocenters. The topological polar surface area (TPSA) is 105 Å². The van der Waals surface area contributed by atoms with Crippen LogP contribution in [0.1, 0.15) is 70.2 Å². The van der Waals surface area contributed by atoms with Gasteiger partial charge >= 0.3 is 0 Å². The minimum atomic E-state index is -0.871. The molecule has 2 aromatic rings. The molecule has 1 fully saturated rings. The molecule has 2 amide bonds. The molecular formula is C34H47Cl2FN4O4. The van der Waals surface area contributed by atoms with Crippen LogP contribution in [0.25, 0.3) is 0 Å². The lowest BCUT2D eigenvalue weighted by atomic mass is 9.90. The molecule has 0 radical (unpaired) electrons. The van der Waals surface area contributed by atoms with Gasteiger partial charge in [0.05, 0.1) is 28.3 Å². The summed E-state index contributed by atoms with van der Waals surface area (Å²) in [7, 11) is 0. The van der Waals surface area contributed by atoms with Gasteiger partial charge in [-0.05, 0) is 80.5 Å². The smallest absolute Gasteiger partial charge is 0.239 e. The SMILES string of the molecule is CC(C)C[C@H](C[C@H](O)CN1CCN(Cc2ccc(Cl)c(Cl)c2)C[C@H]1C(=O)NC(C)(C)C)C(=O)N[C@H]1c2cc(F)ccc2C[C@H]1O. The van der Waals surface area contributed by atoms with Crippen molar-refractivity contribution in [3.63, 3.8) is 0 Å². The maximum atomic E-state index is 14.0. The molecule has 0 bridgehead atoms. The number of benzene rings is 2. The van der Waals surface area contributed by atoms with Gasteiger partial charge in [-0.3, -0.25) is 19.4 Å². The van der Waals surface area contributed by atoms with Gasteiger partial charge in [0.1, 0.15) is 11.9 Å². The monoisotopic (exact) mass is 664 g/mol. The molecule has 248 valence electrons. The molecule has 1 saturated heterocycles. The van der Waals surface area contributed by atoms with Crippen molar-refractivity contribution in [1.29, 1.82) is 0 Å². The van der Waals surface area contributed by atoms with Crippen LogP contribution in [0.5, 0.6) is 0 Å². The zero-order valence-corrected chi connectivity index (χ0v) is 28.3. The van der Waals surface area contributed by atoms with Gasteiger partial charge in [0.2, 0.25) is 11.8 Å². The number of carbonyl (C=O) groups is 2. The first-order chi connectivity index (χ1) is 21.1. The number of rotatable bonds is 11. The third-order valence-corrected chi connectivity index (χ3v) is 9.19. The number of carbonyl (C=O) groups excluding carboxylic acids is 2. The number of β-amino-alcohol motifs (C(OH)–C–C–N with tert-alkyl or cyclic N) is 1.